The zero-order valence-corrected chi connectivity index (χ0v) is 16.9. The van der Waals surface area contributed by atoms with E-state index in [0.717, 1.165) is 37.2 Å². The molecule has 1 heterocycles. The highest BCUT2D eigenvalue weighted by Crippen LogP contribution is 2.24. The minimum atomic E-state index is -0.264. The number of anilines is 1. The van der Waals surface area contributed by atoms with Crippen molar-refractivity contribution in [3.05, 3.63) is 60.2 Å². The molecule has 3 rings (SSSR count). The number of rotatable bonds is 9. The summed E-state index contributed by atoms with van der Waals surface area (Å²) in [5.41, 5.74) is 0.971. The molecule has 0 saturated carbocycles. The van der Waals surface area contributed by atoms with Gasteiger partial charge in [0.05, 0.1) is 6.61 Å². The van der Waals surface area contributed by atoms with Crippen LogP contribution in [0.4, 0.5) is 5.82 Å². The minimum absolute atomic E-state index is 0.0843. The fraction of sp³-hybridized carbons (Fsp3) is 0.304. The Balaban J connectivity index is 1.56. The topological polar surface area (TPSA) is 74.7 Å². The van der Waals surface area contributed by atoms with Gasteiger partial charge in [0, 0.05) is 17.5 Å². The van der Waals surface area contributed by atoms with Crippen LogP contribution in [0.5, 0.6) is 11.5 Å². The summed E-state index contributed by atoms with van der Waals surface area (Å²) in [6.45, 7) is 8.07. The van der Waals surface area contributed by atoms with Gasteiger partial charge in [-0.2, -0.15) is 0 Å². The molecule has 0 atom stereocenters. The van der Waals surface area contributed by atoms with Crippen LogP contribution in [0, 0.1) is 0 Å². The van der Waals surface area contributed by atoms with E-state index in [1.165, 1.54) is 0 Å². The van der Waals surface area contributed by atoms with E-state index in [-0.39, 0.29) is 11.7 Å². The Morgan fingerprint density at radius 2 is 1.83 bits per heavy atom. The SMILES string of the molecule is CCN(CC)CCCOc1ccc(C(=O)Nc2ccc3cccc(O)c3n2)cc1. The number of carbonyl (C=O) groups is 1. The first-order valence-electron chi connectivity index (χ1n) is 9.96. The van der Waals surface area contributed by atoms with Gasteiger partial charge in [-0.1, -0.05) is 26.0 Å². The normalized spacial score (nSPS) is 11.0. The highest BCUT2D eigenvalue weighted by atomic mass is 16.5. The molecule has 0 fully saturated rings. The molecule has 0 aliphatic carbocycles. The lowest BCUT2D eigenvalue weighted by molar-refractivity contribution is 0.102. The van der Waals surface area contributed by atoms with E-state index in [1.54, 1.807) is 42.5 Å². The number of phenolic OH excluding ortho intramolecular Hbond substituents is 1. The fourth-order valence-corrected chi connectivity index (χ4v) is 3.11. The molecule has 0 radical (unpaired) electrons. The third-order valence-corrected chi connectivity index (χ3v) is 4.84. The highest BCUT2D eigenvalue weighted by Gasteiger charge is 2.09. The molecule has 0 saturated heterocycles. The first-order chi connectivity index (χ1) is 14.1. The van der Waals surface area contributed by atoms with Gasteiger partial charge in [0.25, 0.3) is 5.91 Å². The van der Waals surface area contributed by atoms with Gasteiger partial charge in [-0.05, 0) is 62.0 Å². The van der Waals surface area contributed by atoms with Gasteiger partial charge < -0.3 is 20.1 Å². The number of amides is 1. The summed E-state index contributed by atoms with van der Waals surface area (Å²) in [5, 5.41) is 13.5. The van der Waals surface area contributed by atoms with Crippen molar-refractivity contribution in [1.29, 1.82) is 0 Å². The van der Waals surface area contributed by atoms with Crippen molar-refractivity contribution >= 4 is 22.6 Å². The molecule has 0 aliphatic rings. The average molecular weight is 393 g/mol. The summed E-state index contributed by atoms with van der Waals surface area (Å²) in [6.07, 6.45) is 0.963. The number of phenols is 1. The van der Waals surface area contributed by atoms with E-state index in [4.69, 9.17) is 4.74 Å². The molecule has 152 valence electrons. The third-order valence-electron chi connectivity index (χ3n) is 4.84. The Kier molecular flexibility index (Phi) is 7.03. The number of para-hydroxylation sites is 1. The van der Waals surface area contributed by atoms with Crippen molar-refractivity contribution < 1.29 is 14.6 Å². The summed E-state index contributed by atoms with van der Waals surface area (Å²) >= 11 is 0. The first kappa shape index (κ1) is 20.6. The molecular formula is C23H27N3O3. The van der Waals surface area contributed by atoms with Crippen LogP contribution in [-0.4, -0.2) is 47.1 Å². The van der Waals surface area contributed by atoms with Crippen molar-refractivity contribution in [2.45, 2.75) is 20.3 Å². The molecule has 2 aromatic carbocycles. The quantitative estimate of drug-likeness (QED) is 0.530. The maximum atomic E-state index is 12.5. The van der Waals surface area contributed by atoms with Gasteiger partial charge in [-0.15, -0.1) is 0 Å². The Bertz CT molecular complexity index is 953. The zero-order chi connectivity index (χ0) is 20.6. The van der Waals surface area contributed by atoms with E-state index in [0.29, 0.717) is 23.5 Å². The molecule has 0 unspecified atom stereocenters. The third kappa shape index (κ3) is 5.45. The van der Waals surface area contributed by atoms with Crippen LogP contribution in [0.15, 0.2) is 54.6 Å². The summed E-state index contributed by atoms with van der Waals surface area (Å²) < 4.78 is 5.76. The molecule has 0 bridgehead atoms. The summed E-state index contributed by atoms with van der Waals surface area (Å²) in [5.74, 6) is 0.956. The maximum Gasteiger partial charge on any atom is 0.256 e. The van der Waals surface area contributed by atoms with Crippen molar-refractivity contribution in [2.24, 2.45) is 0 Å². The van der Waals surface area contributed by atoms with Crippen LogP contribution >= 0.6 is 0 Å². The van der Waals surface area contributed by atoms with E-state index in [1.807, 2.05) is 12.1 Å². The number of nitrogens with one attached hydrogen (secondary N) is 1. The molecule has 2 N–H and O–H groups in total. The van der Waals surface area contributed by atoms with Gasteiger partial charge in [-0.3, -0.25) is 4.79 Å². The first-order valence-corrected chi connectivity index (χ1v) is 9.96. The van der Waals surface area contributed by atoms with E-state index < -0.39 is 0 Å². The monoisotopic (exact) mass is 393 g/mol. The van der Waals surface area contributed by atoms with Crippen molar-refractivity contribution in [1.82, 2.24) is 9.88 Å². The molecule has 6 heteroatoms. The number of ether oxygens (including phenoxy) is 1. The number of fused-ring (bicyclic) bond motifs is 1. The Hall–Kier alpha value is -3.12. The van der Waals surface area contributed by atoms with Crippen LogP contribution in [0.2, 0.25) is 0 Å². The second-order valence-electron chi connectivity index (χ2n) is 6.75. The number of carbonyl (C=O) groups excluding carboxylic acids is 1. The van der Waals surface area contributed by atoms with Crippen LogP contribution in [0.3, 0.4) is 0 Å². The number of aromatic nitrogens is 1. The lowest BCUT2D eigenvalue weighted by Crippen LogP contribution is -2.25. The standard InChI is InChI=1S/C23H27N3O3/c1-3-26(4-2)15-6-16-29-19-12-9-18(10-13-19)23(28)25-21-14-11-17-7-5-8-20(27)22(17)24-21/h5,7-14,27H,3-4,6,15-16H2,1-2H3,(H,24,25,28). The van der Waals surface area contributed by atoms with E-state index >= 15 is 0 Å². The number of hydrogen-bond donors (Lipinski definition) is 2. The van der Waals surface area contributed by atoms with E-state index in [2.05, 4.69) is 29.0 Å². The van der Waals surface area contributed by atoms with Crippen LogP contribution in [0.1, 0.15) is 30.6 Å². The zero-order valence-electron chi connectivity index (χ0n) is 16.9. The number of hydrogen-bond acceptors (Lipinski definition) is 5. The predicted octanol–water partition coefficient (Wildman–Crippen LogP) is 4.30. The molecule has 29 heavy (non-hydrogen) atoms. The van der Waals surface area contributed by atoms with Gasteiger partial charge >= 0.3 is 0 Å². The Labute approximate surface area is 171 Å². The second kappa shape index (κ2) is 9.89. The number of nitrogens with zero attached hydrogens (tertiary/aromatic N) is 2. The molecule has 0 spiro atoms. The minimum Gasteiger partial charge on any atom is -0.506 e. The van der Waals surface area contributed by atoms with E-state index in [9.17, 15) is 9.90 Å². The molecule has 6 nitrogen and oxygen atoms in total. The Morgan fingerprint density at radius 1 is 1.07 bits per heavy atom. The van der Waals surface area contributed by atoms with Gasteiger partial charge in [0.1, 0.15) is 22.8 Å². The van der Waals surface area contributed by atoms with Crippen molar-refractivity contribution in [3.63, 3.8) is 0 Å². The highest BCUT2D eigenvalue weighted by molar-refractivity contribution is 6.04. The largest absolute Gasteiger partial charge is 0.506 e. The van der Waals surface area contributed by atoms with Gasteiger partial charge in [0.2, 0.25) is 0 Å². The predicted molar refractivity (Wildman–Crippen MR) is 116 cm³/mol. The maximum absolute atomic E-state index is 12.5. The second-order valence-corrected chi connectivity index (χ2v) is 6.75. The van der Waals surface area contributed by atoms with Gasteiger partial charge in [0.15, 0.2) is 0 Å². The molecule has 3 aromatic rings. The number of aromatic hydroxyl groups is 1. The summed E-state index contributed by atoms with van der Waals surface area (Å²) in [4.78, 5) is 19.2. The number of pyridine rings is 1. The number of benzene rings is 2. The summed E-state index contributed by atoms with van der Waals surface area (Å²) in [6, 6.07) is 15.8. The van der Waals surface area contributed by atoms with Gasteiger partial charge in [-0.25, -0.2) is 4.98 Å². The van der Waals surface area contributed by atoms with Crippen molar-refractivity contribution in [2.75, 3.05) is 31.6 Å². The van der Waals surface area contributed by atoms with Crippen molar-refractivity contribution in [3.8, 4) is 11.5 Å². The molecule has 1 amide bonds. The average Bonchev–Trinajstić information content (AvgIpc) is 2.75. The van der Waals surface area contributed by atoms with Crippen LogP contribution < -0.4 is 10.1 Å². The molecule has 1 aromatic heterocycles. The molecular weight excluding hydrogens is 366 g/mol. The summed E-state index contributed by atoms with van der Waals surface area (Å²) in [7, 11) is 0. The lowest BCUT2D eigenvalue weighted by atomic mass is 10.2. The Morgan fingerprint density at radius 3 is 2.55 bits per heavy atom. The lowest BCUT2D eigenvalue weighted by Gasteiger charge is -2.17. The van der Waals surface area contributed by atoms with Crippen LogP contribution in [0.25, 0.3) is 10.9 Å². The smallest absolute Gasteiger partial charge is 0.256 e. The van der Waals surface area contributed by atoms with Crippen LogP contribution in [-0.2, 0) is 0 Å². The fourth-order valence-electron chi connectivity index (χ4n) is 3.11. The molecule has 0 aliphatic heterocycles.